The monoisotopic (exact) mass is 525 g/mol. The van der Waals surface area contributed by atoms with Crippen molar-refractivity contribution in [1.29, 1.82) is 0 Å². The van der Waals surface area contributed by atoms with Gasteiger partial charge in [0.1, 0.15) is 10.9 Å². The molecule has 1 heterocycles. The Hall–Kier alpha value is -3.61. The van der Waals surface area contributed by atoms with Crippen LogP contribution in [0.25, 0.3) is 16.8 Å². The molecule has 1 fully saturated rings. The Morgan fingerprint density at radius 1 is 0.919 bits per heavy atom. The van der Waals surface area contributed by atoms with E-state index in [4.69, 9.17) is 21.7 Å². The largest absolute Gasteiger partial charge is 0.490 e. The van der Waals surface area contributed by atoms with E-state index in [9.17, 15) is 4.79 Å². The Balaban J connectivity index is 1.34. The fourth-order valence-corrected chi connectivity index (χ4v) is 5.49. The van der Waals surface area contributed by atoms with Crippen molar-refractivity contribution in [2.24, 2.45) is 0 Å². The minimum Gasteiger partial charge on any atom is -0.490 e. The van der Waals surface area contributed by atoms with Crippen LogP contribution in [0.2, 0.25) is 0 Å². The predicted octanol–water partition coefficient (Wildman–Crippen LogP) is 7.53. The first-order chi connectivity index (χ1) is 18.0. The highest BCUT2D eigenvalue weighted by Crippen LogP contribution is 2.36. The number of hydrogen-bond donors (Lipinski definition) is 0. The highest BCUT2D eigenvalue weighted by atomic mass is 32.2. The molecule has 186 valence electrons. The third-order valence-corrected chi connectivity index (χ3v) is 7.54. The van der Waals surface area contributed by atoms with E-state index in [1.165, 1.54) is 28.1 Å². The van der Waals surface area contributed by atoms with Crippen molar-refractivity contribution in [2.45, 2.75) is 27.0 Å². The second-order valence-corrected chi connectivity index (χ2v) is 10.5. The van der Waals surface area contributed by atoms with Gasteiger partial charge in [-0.1, -0.05) is 102 Å². The molecular formula is C31H27NO3S2. The van der Waals surface area contributed by atoms with Crippen LogP contribution in [-0.4, -0.2) is 21.7 Å². The van der Waals surface area contributed by atoms with Crippen molar-refractivity contribution < 1.29 is 14.3 Å². The standard InChI is InChI=1S/C31H27NO3S2/c1-3-34-28-17-23(15-16-27(28)35-20-25-9-6-8-24-7-4-5-10-26(24)25)18-29-30(33)32(31(36)37-29)19-22-13-11-21(2)12-14-22/h4-18H,3,19-20H2,1-2H3/b29-18-. The van der Waals surface area contributed by atoms with E-state index in [-0.39, 0.29) is 5.91 Å². The first-order valence-electron chi connectivity index (χ1n) is 12.2. The average Bonchev–Trinajstić information content (AvgIpc) is 3.17. The van der Waals surface area contributed by atoms with Crippen LogP contribution >= 0.6 is 24.0 Å². The molecule has 0 spiro atoms. The van der Waals surface area contributed by atoms with Gasteiger partial charge >= 0.3 is 0 Å². The van der Waals surface area contributed by atoms with E-state index in [0.717, 1.165) is 16.7 Å². The van der Waals surface area contributed by atoms with Crippen LogP contribution in [0.4, 0.5) is 0 Å². The Bertz CT molecular complexity index is 1490. The van der Waals surface area contributed by atoms with Crippen LogP contribution in [0.1, 0.15) is 29.2 Å². The molecule has 0 aliphatic carbocycles. The summed E-state index contributed by atoms with van der Waals surface area (Å²) in [5, 5.41) is 2.36. The molecule has 4 nitrogen and oxygen atoms in total. The molecule has 1 saturated heterocycles. The van der Waals surface area contributed by atoms with Crippen molar-refractivity contribution in [1.82, 2.24) is 4.90 Å². The maximum Gasteiger partial charge on any atom is 0.266 e. The smallest absolute Gasteiger partial charge is 0.266 e. The molecular weight excluding hydrogens is 498 g/mol. The molecule has 0 atom stereocenters. The number of hydrogen-bond acceptors (Lipinski definition) is 5. The molecule has 6 heteroatoms. The van der Waals surface area contributed by atoms with Crippen molar-refractivity contribution in [3.63, 3.8) is 0 Å². The third-order valence-electron chi connectivity index (χ3n) is 6.16. The summed E-state index contributed by atoms with van der Waals surface area (Å²) in [6.45, 7) is 5.39. The first-order valence-corrected chi connectivity index (χ1v) is 13.4. The van der Waals surface area contributed by atoms with Gasteiger partial charge in [0.2, 0.25) is 0 Å². The summed E-state index contributed by atoms with van der Waals surface area (Å²) in [6, 6.07) is 28.4. The van der Waals surface area contributed by atoms with Gasteiger partial charge in [-0.3, -0.25) is 9.69 Å². The summed E-state index contributed by atoms with van der Waals surface area (Å²) in [5.74, 6) is 1.23. The zero-order valence-electron chi connectivity index (χ0n) is 20.8. The molecule has 37 heavy (non-hydrogen) atoms. The van der Waals surface area contributed by atoms with E-state index in [2.05, 4.69) is 24.3 Å². The van der Waals surface area contributed by atoms with Gasteiger partial charge in [0.15, 0.2) is 11.5 Å². The molecule has 0 aromatic heterocycles. The van der Waals surface area contributed by atoms with E-state index in [1.807, 2.05) is 80.6 Å². The number of thiocarbonyl (C=S) groups is 1. The van der Waals surface area contributed by atoms with Crippen molar-refractivity contribution in [3.8, 4) is 11.5 Å². The lowest BCUT2D eigenvalue weighted by molar-refractivity contribution is -0.122. The van der Waals surface area contributed by atoms with Gasteiger partial charge < -0.3 is 9.47 Å². The molecule has 0 N–H and O–H groups in total. The highest BCUT2D eigenvalue weighted by Gasteiger charge is 2.32. The minimum absolute atomic E-state index is 0.0789. The van der Waals surface area contributed by atoms with Gasteiger partial charge in [0, 0.05) is 0 Å². The molecule has 0 saturated carbocycles. The van der Waals surface area contributed by atoms with Crippen LogP contribution in [-0.2, 0) is 17.9 Å². The molecule has 0 bridgehead atoms. The van der Waals surface area contributed by atoms with E-state index < -0.39 is 0 Å². The molecule has 5 rings (SSSR count). The Morgan fingerprint density at radius 2 is 1.70 bits per heavy atom. The fraction of sp³-hybridized carbons (Fsp3) is 0.161. The van der Waals surface area contributed by atoms with Crippen LogP contribution < -0.4 is 9.47 Å². The predicted molar refractivity (Wildman–Crippen MR) is 156 cm³/mol. The molecule has 0 unspecified atom stereocenters. The topological polar surface area (TPSA) is 38.8 Å². The number of benzene rings is 4. The lowest BCUT2D eigenvalue weighted by atomic mass is 10.1. The average molecular weight is 526 g/mol. The van der Waals surface area contributed by atoms with Crippen LogP contribution in [0.15, 0.2) is 89.8 Å². The van der Waals surface area contributed by atoms with Gasteiger partial charge in [-0.25, -0.2) is 0 Å². The van der Waals surface area contributed by atoms with Gasteiger partial charge in [-0.15, -0.1) is 0 Å². The highest BCUT2D eigenvalue weighted by molar-refractivity contribution is 8.26. The summed E-state index contributed by atoms with van der Waals surface area (Å²) in [7, 11) is 0. The number of aryl methyl sites for hydroxylation is 1. The number of nitrogens with zero attached hydrogens (tertiary/aromatic N) is 1. The Morgan fingerprint density at radius 3 is 2.51 bits per heavy atom. The number of carbonyl (C=O) groups excluding carboxylic acids is 1. The maximum atomic E-state index is 13.1. The van der Waals surface area contributed by atoms with Crippen LogP contribution in [0.3, 0.4) is 0 Å². The summed E-state index contributed by atoms with van der Waals surface area (Å²) in [6.07, 6.45) is 1.87. The van der Waals surface area contributed by atoms with Crippen LogP contribution in [0, 0.1) is 6.92 Å². The zero-order valence-corrected chi connectivity index (χ0v) is 22.4. The van der Waals surface area contributed by atoms with Gasteiger partial charge in [0.25, 0.3) is 5.91 Å². The summed E-state index contributed by atoms with van der Waals surface area (Å²) in [5.41, 5.74) is 4.21. The van der Waals surface area contributed by atoms with E-state index >= 15 is 0 Å². The summed E-state index contributed by atoms with van der Waals surface area (Å²) < 4.78 is 12.7. The molecule has 4 aromatic rings. The number of carbonyl (C=O) groups is 1. The first kappa shape index (κ1) is 25.1. The fourth-order valence-electron chi connectivity index (χ4n) is 4.24. The summed E-state index contributed by atoms with van der Waals surface area (Å²) in [4.78, 5) is 15.4. The Labute approximate surface area is 226 Å². The van der Waals surface area contributed by atoms with Crippen molar-refractivity contribution in [3.05, 3.63) is 112 Å². The molecule has 0 radical (unpaired) electrons. The van der Waals surface area contributed by atoms with Crippen molar-refractivity contribution in [2.75, 3.05) is 6.61 Å². The zero-order chi connectivity index (χ0) is 25.8. The molecule has 1 amide bonds. The minimum atomic E-state index is -0.0789. The molecule has 1 aliphatic rings. The second-order valence-electron chi connectivity index (χ2n) is 8.82. The number of fused-ring (bicyclic) bond motifs is 1. The van der Waals surface area contributed by atoms with Gasteiger partial charge in [-0.2, -0.15) is 0 Å². The molecule has 1 aliphatic heterocycles. The Kier molecular flexibility index (Phi) is 7.58. The molecule has 4 aromatic carbocycles. The van der Waals surface area contributed by atoms with E-state index in [0.29, 0.717) is 40.5 Å². The normalized spacial score (nSPS) is 14.5. The lowest BCUT2D eigenvalue weighted by Crippen LogP contribution is -2.27. The van der Waals surface area contributed by atoms with E-state index in [1.54, 1.807) is 4.90 Å². The quantitative estimate of drug-likeness (QED) is 0.176. The maximum absolute atomic E-state index is 13.1. The number of ether oxygens (including phenoxy) is 2. The van der Waals surface area contributed by atoms with Crippen molar-refractivity contribution >= 4 is 51.1 Å². The SMILES string of the molecule is CCOc1cc(/C=C2\SC(=S)N(Cc3ccc(C)cc3)C2=O)ccc1OCc1cccc2ccccc12. The number of thioether (sulfide) groups is 1. The summed E-state index contributed by atoms with van der Waals surface area (Å²) >= 11 is 6.85. The number of amides is 1. The third kappa shape index (κ3) is 5.71. The second kappa shape index (κ2) is 11.2. The van der Waals surface area contributed by atoms with Crippen LogP contribution in [0.5, 0.6) is 11.5 Å². The van der Waals surface area contributed by atoms with Gasteiger partial charge in [0.05, 0.1) is 18.1 Å². The van der Waals surface area contributed by atoms with Gasteiger partial charge in [-0.05, 0) is 59.5 Å². The number of rotatable bonds is 8. The lowest BCUT2D eigenvalue weighted by Gasteiger charge is -2.15.